The molecule has 2 aromatic rings. The maximum Gasteiger partial charge on any atom is 0.261 e. The third kappa shape index (κ3) is 5.04. The molecule has 1 atom stereocenters. The molecule has 1 unspecified atom stereocenters. The monoisotopic (exact) mass is 361 g/mol. The fraction of sp³-hybridized carbons (Fsp3) is 0.278. The number of amides is 1. The lowest BCUT2D eigenvalue weighted by molar-refractivity contribution is -0.133. The Bertz CT molecular complexity index is 822. The van der Waals surface area contributed by atoms with Crippen molar-refractivity contribution in [3.8, 4) is 0 Å². The summed E-state index contributed by atoms with van der Waals surface area (Å²) in [4.78, 5) is 13.9. The summed E-state index contributed by atoms with van der Waals surface area (Å²) in [5.41, 5.74) is 6.81. The van der Waals surface area contributed by atoms with Gasteiger partial charge in [-0.15, -0.1) is 0 Å². The van der Waals surface area contributed by atoms with Crippen molar-refractivity contribution in [2.75, 3.05) is 18.3 Å². The van der Waals surface area contributed by atoms with Gasteiger partial charge < -0.3 is 10.6 Å². The molecule has 0 bridgehead atoms. The van der Waals surface area contributed by atoms with Crippen molar-refractivity contribution in [2.45, 2.75) is 18.4 Å². The van der Waals surface area contributed by atoms with Gasteiger partial charge in [-0.1, -0.05) is 37.3 Å². The fourth-order valence-corrected chi connectivity index (χ4v) is 3.45. The molecule has 0 saturated carbocycles. The van der Waals surface area contributed by atoms with Crippen LogP contribution in [0.3, 0.4) is 0 Å². The molecular formula is C18H23N3O3S. The normalized spacial score (nSPS) is 12.4. The van der Waals surface area contributed by atoms with Gasteiger partial charge in [-0.25, -0.2) is 8.42 Å². The number of nitrogens with one attached hydrogen (secondary N) is 1. The molecule has 0 saturated heterocycles. The standard InChI is InChI=1S/C18H23N3O3S/c1-14(12-19)18(22)21(2)13-15-7-6-8-16(11-15)20-25(23,24)17-9-4-3-5-10-17/h3-11,14,20H,12-13,19H2,1-2H3. The van der Waals surface area contributed by atoms with Crippen LogP contribution in [0.4, 0.5) is 5.69 Å². The van der Waals surface area contributed by atoms with E-state index in [4.69, 9.17) is 5.73 Å². The van der Waals surface area contributed by atoms with Crippen molar-refractivity contribution in [3.05, 3.63) is 60.2 Å². The van der Waals surface area contributed by atoms with Crippen molar-refractivity contribution < 1.29 is 13.2 Å². The molecule has 2 aromatic carbocycles. The first kappa shape index (κ1) is 19.0. The van der Waals surface area contributed by atoms with Crippen LogP contribution in [0.25, 0.3) is 0 Å². The minimum Gasteiger partial charge on any atom is -0.341 e. The maximum atomic E-state index is 12.4. The van der Waals surface area contributed by atoms with E-state index in [1.165, 1.54) is 12.1 Å². The van der Waals surface area contributed by atoms with Gasteiger partial charge in [0.2, 0.25) is 5.91 Å². The maximum absolute atomic E-state index is 12.4. The highest BCUT2D eigenvalue weighted by Gasteiger charge is 2.17. The molecule has 3 N–H and O–H groups in total. The SMILES string of the molecule is CC(CN)C(=O)N(C)Cc1cccc(NS(=O)(=O)c2ccccc2)c1. The van der Waals surface area contributed by atoms with Crippen molar-refractivity contribution in [2.24, 2.45) is 11.7 Å². The van der Waals surface area contributed by atoms with Crippen LogP contribution < -0.4 is 10.5 Å². The summed E-state index contributed by atoms with van der Waals surface area (Å²) in [6, 6.07) is 15.2. The molecule has 7 heteroatoms. The Kier molecular flexibility index (Phi) is 6.17. The Morgan fingerprint density at radius 3 is 2.48 bits per heavy atom. The van der Waals surface area contributed by atoms with Gasteiger partial charge in [0.05, 0.1) is 4.90 Å². The van der Waals surface area contributed by atoms with E-state index in [2.05, 4.69) is 4.72 Å². The Balaban J connectivity index is 2.13. The van der Waals surface area contributed by atoms with Crippen LogP contribution in [0, 0.1) is 5.92 Å². The zero-order valence-corrected chi connectivity index (χ0v) is 15.2. The number of hydrogen-bond donors (Lipinski definition) is 2. The lowest BCUT2D eigenvalue weighted by atomic mass is 10.1. The predicted octanol–water partition coefficient (Wildman–Crippen LogP) is 2.04. The smallest absolute Gasteiger partial charge is 0.261 e. The first-order chi connectivity index (χ1) is 11.8. The quantitative estimate of drug-likeness (QED) is 0.789. The van der Waals surface area contributed by atoms with E-state index < -0.39 is 10.0 Å². The highest BCUT2D eigenvalue weighted by molar-refractivity contribution is 7.92. The average Bonchev–Trinajstić information content (AvgIpc) is 2.61. The van der Waals surface area contributed by atoms with Gasteiger partial charge in [-0.2, -0.15) is 0 Å². The molecule has 0 aliphatic rings. The highest BCUT2D eigenvalue weighted by atomic mass is 32.2. The number of sulfonamides is 1. The number of benzene rings is 2. The third-order valence-electron chi connectivity index (χ3n) is 3.80. The lowest BCUT2D eigenvalue weighted by Gasteiger charge is -2.21. The van der Waals surface area contributed by atoms with Gasteiger partial charge in [-0.3, -0.25) is 9.52 Å². The number of carbonyl (C=O) groups is 1. The van der Waals surface area contributed by atoms with E-state index in [0.717, 1.165) is 5.56 Å². The molecule has 0 radical (unpaired) electrons. The van der Waals surface area contributed by atoms with Crippen molar-refractivity contribution in [1.29, 1.82) is 0 Å². The van der Waals surface area contributed by atoms with Gasteiger partial charge in [-0.05, 0) is 29.8 Å². The summed E-state index contributed by atoms with van der Waals surface area (Å²) in [6.07, 6.45) is 0. The first-order valence-corrected chi connectivity index (χ1v) is 9.43. The third-order valence-corrected chi connectivity index (χ3v) is 5.20. The number of nitrogens with zero attached hydrogens (tertiary/aromatic N) is 1. The Labute approximate surface area is 148 Å². The summed E-state index contributed by atoms with van der Waals surface area (Å²) in [7, 11) is -1.94. The number of carbonyl (C=O) groups excluding carboxylic acids is 1. The molecular weight excluding hydrogens is 338 g/mol. The van der Waals surface area contributed by atoms with Crippen LogP contribution in [0.1, 0.15) is 12.5 Å². The van der Waals surface area contributed by atoms with Crippen LogP contribution in [0.15, 0.2) is 59.5 Å². The van der Waals surface area contributed by atoms with E-state index in [0.29, 0.717) is 18.8 Å². The number of hydrogen-bond acceptors (Lipinski definition) is 4. The molecule has 134 valence electrons. The molecule has 0 aliphatic carbocycles. The topological polar surface area (TPSA) is 92.5 Å². The second-order valence-corrected chi connectivity index (χ2v) is 7.63. The molecule has 1 amide bonds. The van der Waals surface area contributed by atoms with E-state index in [1.54, 1.807) is 55.3 Å². The highest BCUT2D eigenvalue weighted by Crippen LogP contribution is 2.18. The minimum absolute atomic E-state index is 0.0437. The molecule has 6 nitrogen and oxygen atoms in total. The van der Waals surface area contributed by atoms with E-state index in [-0.39, 0.29) is 16.7 Å². The summed E-state index contributed by atoms with van der Waals surface area (Å²) in [6.45, 7) is 2.45. The van der Waals surface area contributed by atoms with Gasteiger partial charge >= 0.3 is 0 Å². The number of anilines is 1. The average molecular weight is 361 g/mol. The van der Waals surface area contributed by atoms with Gasteiger partial charge in [0, 0.05) is 31.7 Å². The van der Waals surface area contributed by atoms with Crippen LogP contribution in [-0.2, 0) is 21.4 Å². The summed E-state index contributed by atoms with van der Waals surface area (Å²) < 4.78 is 27.3. The molecule has 2 rings (SSSR count). The Hall–Kier alpha value is -2.38. The van der Waals surface area contributed by atoms with Crippen molar-refractivity contribution in [3.63, 3.8) is 0 Å². The summed E-state index contributed by atoms with van der Waals surface area (Å²) in [5.74, 6) is -0.289. The van der Waals surface area contributed by atoms with Gasteiger partial charge in [0.25, 0.3) is 10.0 Å². The minimum atomic E-state index is -3.64. The Morgan fingerprint density at radius 1 is 1.16 bits per heavy atom. The molecule has 0 heterocycles. The molecule has 25 heavy (non-hydrogen) atoms. The largest absolute Gasteiger partial charge is 0.341 e. The van der Waals surface area contributed by atoms with Crippen LogP contribution in [0.5, 0.6) is 0 Å². The zero-order chi connectivity index (χ0) is 18.4. The van der Waals surface area contributed by atoms with Crippen LogP contribution in [-0.4, -0.2) is 32.8 Å². The Morgan fingerprint density at radius 2 is 1.84 bits per heavy atom. The summed E-state index contributed by atoms with van der Waals surface area (Å²) in [5, 5.41) is 0. The van der Waals surface area contributed by atoms with Crippen molar-refractivity contribution in [1.82, 2.24) is 4.90 Å². The predicted molar refractivity (Wildman–Crippen MR) is 98.4 cm³/mol. The lowest BCUT2D eigenvalue weighted by Crippen LogP contribution is -2.34. The second-order valence-electron chi connectivity index (χ2n) is 5.95. The van der Waals surface area contributed by atoms with E-state index in [1.807, 2.05) is 6.07 Å². The number of nitrogens with two attached hydrogens (primary N) is 1. The second kappa shape index (κ2) is 8.13. The molecule has 0 aromatic heterocycles. The van der Waals surface area contributed by atoms with Gasteiger partial charge in [0.15, 0.2) is 0 Å². The summed E-state index contributed by atoms with van der Waals surface area (Å²) >= 11 is 0. The number of rotatable bonds is 7. The van der Waals surface area contributed by atoms with Crippen LogP contribution in [0.2, 0.25) is 0 Å². The first-order valence-electron chi connectivity index (χ1n) is 7.95. The van der Waals surface area contributed by atoms with E-state index in [9.17, 15) is 13.2 Å². The fourth-order valence-electron chi connectivity index (χ4n) is 2.38. The van der Waals surface area contributed by atoms with Crippen molar-refractivity contribution >= 4 is 21.6 Å². The molecule has 0 aliphatic heterocycles. The van der Waals surface area contributed by atoms with E-state index >= 15 is 0 Å². The molecule has 0 spiro atoms. The zero-order valence-electron chi connectivity index (χ0n) is 14.3. The van der Waals surface area contributed by atoms with Gasteiger partial charge in [0.1, 0.15) is 0 Å². The molecule has 0 fully saturated rings. The van der Waals surface area contributed by atoms with Crippen LogP contribution >= 0.6 is 0 Å².